The molecule has 3 aromatic rings. The molecule has 1 atom stereocenters. The second-order valence-electron chi connectivity index (χ2n) is 8.79. The maximum absolute atomic E-state index is 12.6. The third-order valence-electron chi connectivity index (χ3n) is 5.81. The number of rotatable bonds is 9. The Hall–Kier alpha value is -2.90. The van der Waals surface area contributed by atoms with Crippen molar-refractivity contribution in [1.29, 1.82) is 0 Å². The van der Waals surface area contributed by atoms with Crippen LogP contribution >= 0.6 is 11.3 Å². The average molecular weight is 465 g/mol. The van der Waals surface area contributed by atoms with Crippen molar-refractivity contribution in [3.63, 3.8) is 0 Å². The number of carbonyl (C=O) groups excluding carboxylic acids is 1. The first-order chi connectivity index (χ1) is 16.0. The summed E-state index contributed by atoms with van der Waals surface area (Å²) >= 11 is 1.64. The minimum atomic E-state index is 0.0896. The summed E-state index contributed by atoms with van der Waals surface area (Å²) in [6, 6.07) is 12.3. The molecule has 0 N–H and O–H groups in total. The van der Waals surface area contributed by atoms with Gasteiger partial charge in [-0.05, 0) is 55.1 Å². The van der Waals surface area contributed by atoms with E-state index in [0.29, 0.717) is 12.5 Å². The van der Waals surface area contributed by atoms with E-state index >= 15 is 0 Å². The number of amides is 1. The van der Waals surface area contributed by atoms with Crippen LogP contribution in [-0.2, 0) is 24.9 Å². The van der Waals surface area contributed by atoms with Crippen LogP contribution in [-0.4, -0.2) is 52.2 Å². The van der Waals surface area contributed by atoms with E-state index in [4.69, 9.17) is 4.74 Å². The number of ether oxygens (including phenoxy) is 1. The second-order valence-corrected chi connectivity index (χ2v) is 9.77. The maximum atomic E-state index is 12.6. The number of likely N-dealkylation sites (tertiary alicyclic amines) is 1. The van der Waals surface area contributed by atoms with Crippen LogP contribution in [0.1, 0.15) is 28.8 Å². The Balaban J connectivity index is 1.25. The number of hydrogen-bond acceptors (Lipinski definition) is 5. The minimum Gasteiger partial charge on any atom is -0.493 e. The van der Waals surface area contributed by atoms with Gasteiger partial charge in [0.1, 0.15) is 5.75 Å². The van der Waals surface area contributed by atoms with Crippen molar-refractivity contribution >= 4 is 23.3 Å². The molecule has 1 aliphatic heterocycles. The molecule has 3 heterocycles. The number of hydrogen-bond donors (Lipinski definition) is 0. The summed E-state index contributed by atoms with van der Waals surface area (Å²) in [6.07, 6.45) is 9.67. The van der Waals surface area contributed by atoms with Crippen LogP contribution in [0.5, 0.6) is 5.75 Å². The first-order valence-corrected chi connectivity index (χ1v) is 12.3. The Morgan fingerprint density at radius 1 is 1.27 bits per heavy atom. The number of aromatic nitrogens is 2. The summed E-state index contributed by atoms with van der Waals surface area (Å²) in [5.41, 5.74) is 2.42. The highest BCUT2D eigenvalue weighted by Gasteiger charge is 2.23. The van der Waals surface area contributed by atoms with E-state index in [1.54, 1.807) is 17.4 Å². The lowest BCUT2D eigenvalue weighted by atomic mass is 9.99. The Bertz CT molecular complexity index is 1060. The maximum Gasteiger partial charge on any atom is 0.246 e. The van der Waals surface area contributed by atoms with Gasteiger partial charge in [0, 0.05) is 61.9 Å². The topological polar surface area (TPSA) is 50.6 Å². The highest BCUT2D eigenvalue weighted by molar-refractivity contribution is 7.10. The smallest absolute Gasteiger partial charge is 0.246 e. The van der Waals surface area contributed by atoms with Gasteiger partial charge in [0.05, 0.1) is 12.8 Å². The molecule has 7 heteroatoms. The molecule has 0 bridgehead atoms. The van der Waals surface area contributed by atoms with Gasteiger partial charge >= 0.3 is 0 Å². The molecule has 174 valence electrons. The van der Waals surface area contributed by atoms with E-state index in [9.17, 15) is 4.79 Å². The number of carbonyl (C=O) groups is 1. The number of nitrogens with zero attached hydrogens (tertiary/aromatic N) is 4. The average Bonchev–Trinajstić information content (AvgIpc) is 3.48. The molecule has 0 radical (unpaired) electrons. The van der Waals surface area contributed by atoms with Crippen LogP contribution in [0.25, 0.3) is 6.08 Å². The van der Waals surface area contributed by atoms with E-state index in [-0.39, 0.29) is 5.91 Å². The van der Waals surface area contributed by atoms with Crippen LogP contribution < -0.4 is 4.74 Å². The van der Waals surface area contributed by atoms with Crippen molar-refractivity contribution in [2.45, 2.75) is 25.9 Å². The molecular weight excluding hydrogens is 432 g/mol. The number of thiophene rings is 1. The Labute approximate surface area is 200 Å². The fraction of sp³-hybridized carbons (Fsp3) is 0.385. The van der Waals surface area contributed by atoms with Gasteiger partial charge in [-0.15, -0.1) is 11.3 Å². The summed E-state index contributed by atoms with van der Waals surface area (Å²) in [5, 5.41) is 6.26. The van der Waals surface area contributed by atoms with Gasteiger partial charge in [0.25, 0.3) is 0 Å². The largest absolute Gasteiger partial charge is 0.493 e. The zero-order valence-electron chi connectivity index (χ0n) is 19.4. The molecular formula is C26H32N4O2S. The second kappa shape index (κ2) is 11.3. The quantitative estimate of drug-likeness (QED) is 0.439. The normalized spacial score (nSPS) is 16.6. The van der Waals surface area contributed by atoms with E-state index < -0.39 is 0 Å². The van der Waals surface area contributed by atoms with E-state index in [2.05, 4.69) is 35.2 Å². The van der Waals surface area contributed by atoms with Crippen molar-refractivity contribution in [1.82, 2.24) is 19.6 Å². The van der Waals surface area contributed by atoms with Gasteiger partial charge in [-0.3, -0.25) is 14.4 Å². The monoisotopic (exact) mass is 464 g/mol. The van der Waals surface area contributed by atoms with Crippen LogP contribution in [0, 0.1) is 5.92 Å². The molecule has 1 saturated heterocycles. The standard InChI is InChI=1S/C26H32N4O2S/c1-28(17-23-15-27-29(2)18-23)16-21-6-3-8-24(14-21)32-20-22-7-4-12-30(19-22)26(31)11-10-25-9-5-13-33-25/h3,5-6,8-11,13-15,18,22H,4,7,12,16-17,19-20H2,1-2H3/b11-10+/t22-/m1/s1. The predicted molar refractivity (Wildman–Crippen MR) is 133 cm³/mol. The molecule has 1 amide bonds. The van der Waals surface area contributed by atoms with Gasteiger partial charge in [-0.1, -0.05) is 18.2 Å². The Morgan fingerprint density at radius 3 is 2.94 bits per heavy atom. The summed E-state index contributed by atoms with van der Waals surface area (Å²) < 4.78 is 7.98. The molecule has 0 aliphatic carbocycles. The van der Waals surface area contributed by atoms with Crippen LogP contribution in [0.3, 0.4) is 0 Å². The SMILES string of the molecule is CN(Cc1cccc(OC[C@@H]2CCCN(C(=O)/C=C/c3cccs3)C2)c1)Cc1cnn(C)c1. The van der Waals surface area contributed by atoms with E-state index in [0.717, 1.165) is 49.6 Å². The first-order valence-electron chi connectivity index (χ1n) is 11.4. The van der Waals surface area contributed by atoms with E-state index in [1.807, 2.05) is 58.7 Å². The zero-order valence-corrected chi connectivity index (χ0v) is 20.2. The number of benzene rings is 1. The van der Waals surface area contributed by atoms with Crippen molar-refractivity contribution in [3.8, 4) is 5.75 Å². The Kier molecular flexibility index (Phi) is 7.96. The van der Waals surface area contributed by atoms with E-state index in [1.165, 1.54) is 11.1 Å². The summed E-state index contributed by atoms with van der Waals surface area (Å²) in [7, 11) is 4.05. The third kappa shape index (κ3) is 7.04. The van der Waals surface area contributed by atoms with Crippen LogP contribution in [0.15, 0.2) is 60.2 Å². The van der Waals surface area contributed by atoms with Crippen LogP contribution in [0.4, 0.5) is 0 Å². The van der Waals surface area contributed by atoms with Gasteiger partial charge in [0.15, 0.2) is 0 Å². The highest BCUT2D eigenvalue weighted by Crippen LogP contribution is 2.21. The molecule has 2 aromatic heterocycles. The van der Waals surface area contributed by atoms with Crippen molar-refractivity contribution in [3.05, 3.63) is 76.3 Å². The molecule has 1 fully saturated rings. The fourth-order valence-corrected chi connectivity index (χ4v) is 4.84. The lowest BCUT2D eigenvalue weighted by Gasteiger charge is -2.32. The number of aryl methyl sites for hydroxylation is 1. The number of piperidine rings is 1. The molecule has 1 aliphatic rings. The van der Waals surface area contributed by atoms with Gasteiger partial charge in [-0.2, -0.15) is 5.10 Å². The minimum absolute atomic E-state index is 0.0896. The molecule has 4 rings (SSSR count). The Morgan fingerprint density at radius 2 is 2.15 bits per heavy atom. The van der Waals surface area contributed by atoms with Crippen molar-refractivity contribution < 1.29 is 9.53 Å². The molecule has 0 saturated carbocycles. The fourth-order valence-electron chi connectivity index (χ4n) is 4.23. The van der Waals surface area contributed by atoms with Crippen molar-refractivity contribution in [2.24, 2.45) is 13.0 Å². The highest BCUT2D eigenvalue weighted by atomic mass is 32.1. The lowest BCUT2D eigenvalue weighted by molar-refractivity contribution is -0.127. The molecule has 6 nitrogen and oxygen atoms in total. The summed E-state index contributed by atoms with van der Waals surface area (Å²) in [4.78, 5) is 17.9. The lowest BCUT2D eigenvalue weighted by Crippen LogP contribution is -2.40. The van der Waals surface area contributed by atoms with Crippen LogP contribution in [0.2, 0.25) is 0 Å². The molecule has 0 unspecified atom stereocenters. The third-order valence-corrected chi connectivity index (χ3v) is 6.65. The van der Waals surface area contributed by atoms with Gasteiger partial charge < -0.3 is 9.64 Å². The molecule has 0 spiro atoms. The summed E-state index contributed by atoms with van der Waals surface area (Å²) in [6.45, 7) is 3.90. The summed E-state index contributed by atoms with van der Waals surface area (Å²) in [5.74, 6) is 1.34. The van der Waals surface area contributed by atoms with Gasteiger partial charge in [-0.25, -0.2) is 0 Å². The predicted octanol–water partition coefficient (Wildman–Crippen LogP) is 4.44. The molecule has 1 aromatic carbocycles. The van der Waals surface area contributed by atoms with Gasteiger partial charge in [0.2, 0.25) is 5.91 Å². The first kappa shape index (κ1) is 23.3. The zero-order chi connectivity index (χ0) is 23.0. The van der Waals surface area contributed by atoms with Crippen molar-refractivity contribution in [2.75, 3.05) is 26.7 Å². The molecule has 33 heavy (non-hydrogen) atoms.